The quantitative estimate of drug-likeness (QED) is 0.866. The number of benzene rings is 1. The third-order valence-corrected chi connectivity index (χ3v) is 2.79. The molecule has 2 aromatic rings. The molecule has 1 aromatic heterocycles. The molecule has 0 saturated heterocycles. The second-order valence-electron chi connectivity index (χ2n) is 4.24. The molecule has 0 spiro atoms. The van der Waals surface area contributed by atoms with Crippen LogP contribution < -0.4 is 5.73 Å². The Bertz CT molecular complexity index is 521. The molecule has 0 bridgehead atoms. The Morgan fingerprint density at radius 2 is 2.11 bits per heavy atom. The van der Waals surface area contributed by atoms with Gasteiger partial charge < -0.3 is 5.73 Å². The highest BCUT2D eigenvalue weighted by Crippen LogP contribution is 2.07. The predicted molar refractivity (Wildman–Crippen MR) is 67.6 cm³/mol. The van der Waals surface area contributed by atoms with Gasteiger partial charge in [0.2, 0.25) is 0 Å². The molecule has 0 saturated carbocycles. The second kappa shape index (κ2) is 5.73. The van der Waals surface area contributed by atoms with Gasteiger partial charge in [-0.2, -0.15) is 5.10 Å². The Kier molecular flexibility index (Phi) is 4.04. The van der Waals surface area contributed by atoms with Gasteiger partial charge >= 0.3 is 0 Å². The van der Waals surface area contributed by atoms with Gasteiger partial charge in [0, 0.05) is 19.9 Å². The van der Waals surface area contributed by atoms with Crippen LogP contribution in [0.15, 0.2) is 24.3 Å². The van der Waals surface area contributed by atoms with Gasteiger partial charge in [-0.15, -0.1) is 0 Å². The van der Waals surface area contributed by atoms with Crippen LogP contribution in [0.2, 0.25) is 0 Å². The molecule has 2 N–H and O–H groups in total. The number of aromatic nitrogens is 3. The highest BCUT2D eigenvalue weighted by molar-refractivity contribution is 5.17. The second-order valence-corrected chi connectivity index (χ2v) is 4.24. The Morgan fingerprint density at radius 3 is 2.83 bits per heavy atom. The molecule has 96 valence electrons. The molecule has 0 unspecified atom stereocenters. The van der Waals surface area contributed by atoms with Gasteiger partial charge in [-0.25, -0.2) is 9.37 Å². The summed E-state index contributed by atoms with van der Waals surface area (Å²) in [5.41, 5.74) is 6.46. The summed E-state index contributed by atoms with van der Waals surface area (Å²) >= 11 is 0. The largest absolute Gasteiger partial charge is 0.330 e. The van der Waals surface area contributed by atoms with Crippen molar-refractivity contribution in [2.75, 3.05) is 6.54 Å². The first-order chi connectivity index (χ1) is 8.69. The lowest BCUT2D eigenvalue weighted by Crippen LogP contribution is -2.08. The predicted octanol–water partition coefficient (Wildman–Crippen LogP) is 1.24. The maximum Gasteiger partial charge on any atom is 0.151 e. The van der Waals surface area contributed by atoms with E-state index >= 15 is 0 Å². The van der Waals surface area contributed by atoms with E-state index in [-0.39, 0.29) is 5.82 Å². The van der Waals surface area contributed by atoms with Crippen LogP contribution in [0.4, 0.5) is 4.39 Å². The van der Waals surface area contributed by atoms with Crippen LogP contribution in [0.3, 0.4) is 0 Å². The van der Waals surface area contributed by atoms with Gasteiger partial charge in [-0.05, 0) is 30.7 Å². The van der Waals surface area contributed by atoms with Crippen LogP contribution in [0, 0.1) is 5.82 Å². The van der Waals surface area contributed by atoms with Crippen molar-refractivity contribution < 1.29 is 4.39 Å². The lowest BCUT2D eigenvalue weighted by molar-refractivity contribution is 0.624. The minimum absolute atomic E-state index is 0.203. The van der Waals surface area contributed by atoms with Crippen LogP contribution in [-0.2, 0) is 26.3 Å². The first kappa shape index (κ1) is 12.7. The maximum atomic E-state index is 13.0. The fourth-order valence-corrected chi connectivity index (χ4v) is 1.88. The van der Waals surface area contributed by atoms with Crippen LogP contribution in [0.5, 0.6) is 0 Å². The zero-order valence-corrected chi connectivity index (χ0v) is 10.4. The number of rotatable bonds is 5. The molecular weight excluding hydrogens is 231 g/mol. The number of nitrogens with two attached hydrogens (primary N) is 1. The smallest absolute Gasteiger partial charge is 0.151 e. The van der Waals surface area contributed by atoms with Crippen LogP contribution in [0.25, 0.3) is 0 Å². The maximum absolute atomic E-state index is 13.0. The van der Waals surface area contributed by atoms with Crippen molar-refractivity contribution in [3.05, 3.63) is 47.3 Å². The summed E-state index contributed by atoms with van der Waals surface area (Å²) in [5, 5.41) is 4.32. The van der Waals surface area contributed by atoms with E-state index in [2.05, 4.69) is 10.1 Å². The summed E-state index contributed by atoms with van der Waals surface area (Å²) in [4.78, 5) is 4.42. The van der Waals surface area contributed by atoms with Gasteiger partial charge in [-0.3, -0.25) is 4.68 Å². The van der Waals surface area contributed by atoms with Crippen molar-refractivity contribution in [2.24, 2.45) is 12.8 Å². The summed E-state index contributed by atoms with van der Waals surface area (Å²) in [6.45, 7) is 0.565. The molecule has 0 radical (unpaired) electrons. The topological polar surface area (TPSA) is 56.7 Å². The normalized spacial score (nSPS) is 10.8. The van der Waals surface area contributed by atoms with Gasteiger partial charge in [0.25, 0.3) is 0 Å². The van der Waals surface area contributed by atoms with E-state index in [9.17, 15) is 4.39 Å². The fraction of sp³-hybridized carbons (Fsp3) is 0.385. The lowest BCUT2D eigenvalue weighted by Gasteiger charge is -1.98. The van der Waals surface area contributed by atoms with Gasteiger partial charge in [0.05, 0.1) is 0 Å². The van der Waals surface area contributed by atoms with Crippen molar-refractivity contribution in [1.29, 1.82) is 0 Å². The minimum Gasteiger partial charge on any atom is -0.330 e. The van der Waals surface area contributed by atoms with E-state index in [4.69, 9.17) is 5.73 Å². The summed E-state index contributed by atoms with van der Waals surface area (Å²) in [6, 6.07) is 6.62. The average molecular weight is 248 g/mol. The zero-order chi connectivity index (χ0) is 13.0. The summed E-state index contributed by atoms with van der Waals surface area (Å²) in [7, 11) is 1.86. The van der Waals surface area contributed by atoms with Crippen molar-refractivity contribution in [3.8, 4) is 0 Å². The third-order valence-electron chi connectivity index (χ3n) is 2.79. The van der Waals surface area contributed by atoms with E-state index < -0.39 is 0 Å². The number of halogens is 1. The van der Waals surface area contributed by atoms with E-state index in [0.29, 0.717) is 13.0 Å². The first-order valence-corrected chi connectivity index (χ1v) is 6.02. The molecule has 0 amide bonds. The molecular formula is C13H17FN4. The molecule has 2 rings (SSSR count). The first-order valence-electron chi connectivity index (χ1n) is 6.02. The SMILES string of the molecule is Cn1nc(CCc2cccc(F)c2)nc1CCN. The van der Waals surface area contributed by atoms with Crippen LogP contribution >= 0.6 is 0 Å². The van der Waals surface area contributed by atoms with Crippen LogP contribution in [-0.4, -0.2) is 21.3 Å². The van der Waals surface area contributed by atoms with Crippen molar-refractivity contribution in [2.45, 2.75) is 19.3 Å². The molecule has 1 heterocycles. The third kappa shape index (κ3) is 3.13. The summed E-state index contributed by atoms with van der Waals surface area (Å²) in [5.74, 6) is 1.47. The molecule has 1 aromatic carbocycles. The number of hydrogen-bond acceptors (Lipinski definition) is 3. The summed E-state index contributed by atoms with van der Waals surface area (Å²) < 4.78 is 14.8. The lowest BCUT2D eigenvalue weighted by atomic mass is 10.1. The standard InChI is InChI=1S/C13H17FN4/c1-18-13(7-8-15)16-12(17-18)6-5-10-3-2-4-11(14)9-10/h2-4,9H,5-8,15H2,1H3. The fourth-order valence-electron chi connectivity index (χ4n) is 1.88. The number of nitrogens with zero attached hydrogens (tertiary/aromatic N) is 3. The van der Waals surface area contributed by atoms with Crippen molar-refractivity contribution >= 4 is 0 Å². The Balaban J connectivity index is 2.00. The van der Waals surface area contributed by atoms with E-state index in [1.54, 1.807) is 16.8 Å². The van der Waals surface area contributed by atoms with E-state index in [1.807, 2.05) is 13.1 Å². The average Bonchev–Trinajstić information content (AvgIpc) is 2.69. The minimum atomic E-state index is -0.203. The Labute approximate surface area is 106 Å². The molecule has 5 heteroatoms. The highest BCUT2D eigenvalue weighted by Gasteiger charge is 2.06. The zero-order valence-electron chi connectivity index (χ0n) is 10.4. The molecule has 0 aliphatic heterocycles. The molecule has 0 atom stereocenters. The van der Waals surface area contributed by atoms with Gasteiger partial charge in [0.15, 0.2) is 5.82 Å². The van der Waals surface area contributed by atoms with E-state index in [0.717, 1.165) is 30.1 Å². The number of hydrogen-bond donors (Lipinski definition) is 1. The van der Waals surface area contributed by atoms with Crippen LogP contribution in [0.1, 0.15) is 17.2 Å². The molecule has 0 aliphatic rings. The Morgan fingerprint density at radius 1 is 1.28 bits per heavy atom. The monoisotopic (exact) mass is 248 g/mol. The highest BCUT2D eigenvalue weighted by atomic mass is 19.1. The summed E-state index contributed by atoms with van der Waals surface area (Å²) in [6.07, 6.45) is 2.18. The van der Waals surface area contributed by atoms with E-state index in [1.165, 1.54) is 6.07 Å². The molecule has 18 heavy (non-hydrogen) atoms. The number of aryl methyl sites for hydroxylation is 3. The molecule has 0 aliphatic carbocycles. The Hall–Kier alpha value is -1.75. The van der Waals surface area contributed by atoms with Gasteiger partial charge in [0.1, 0.15) is 11.6 Å². The van der Waals surface area contributed by atoms with Crippen molar-refractivity contribution in [3.63, 3.8) is 0 Å². The molecule has 4 nitrogen and oxygen atoms in total. The molecule has 0 fully saturated rings. The van der Waals surface area contributed by atoms with Crippen molar-refractivity contribution in [1.82, 2.24) is 14.8 Å². The van der Waals surface area contributed by atoms with Gasteiger partial charge in [-0.1, -0.05) is 12.1 Å².